The third-order valence-electron chi connectivity index (χ3n) is 2.40. The van der Waals surface area contributed by atoms with E-state index >= 15 is 0 Å². The predicted octanol–water partition coefficient (Wildman–Crippen LogP) is 3.68. The zero-order valence-corrected chi connectivity index (χ0v) is 11.0. The van der Waals surface area contributed by atoms with Crippen LogP contribution in [-0.2, 0) is 5.41 Å². The Hall–Kier alpha value is -0.570. The van der Waals surface area contributed by atoms with E-state index in [1.165, 1.54) is 12.8 Å². The van der Waals surface area contributed by atoms with Gasteiger partial charge in [0.1, 0.15) is 4.60 Å². The van der Waals surface area contributed by atoms with Crippen molar-refractivity contribution in [2.24, 2.45) is 0 Å². The van der Waals surface area contributed by atoms with Gasteiger partial charge in [0.15, 0.2) is 5.75 Å². The van der Waals surface area contributed by atoms with Crippen LogP contribution in [0, 0.1) is 0 Å². The minimum atomic E-state index is 0.0840. The lowest BCUT2D eigenvalue weighted by atomic mass is 9.92. The molecule has 0 saturated heterocycles. The van der Waals surface area contributed by atoms with Gasteiger partial charge >= 0.3 is 0 Å². The van der Waals surface area contributed by atoms with Crippen molar-refractivity contribution in [3.05, 3.63) is 22.4 Å². The number of nitrogens with zero attached hydrogens (tertiary/aromatic N) is 1. The summed E-state index contributed by atoms with van der Waals surface area (Å²) in [5, 5.41) is 0. The van der Waals surface area contributed by atoms with Gasteiger partial charge in [-0.1, -0.05) is 20.8 Å². The van der Waals surface area contributed by atoms with Gasteiger partial charge in [0.05, 0.1) is 6.10 Å². The minimum absolute atomic E-state index is 0.0840. The molecule has 0 amide bonds. The molecule has 0 unspecified atom stereocenters. The highest BCUT2D eigenvalue weighted by molar-refractivity contribution is 9.10. The minimum Gasteiger partial charge on any atom is -0.488 e. The highest BCUT2D eigenvalue weighted by Crippen LogP contribution is 2.32. The summed E-state index contributed by atoms with van der Waals surface area (Å²) in [4.78, 5) is 4.52. The Morgan fingerprint density at radius 3 is 2.47 bits per heavy atom. The van der Waals surface area contributed by atoms with Crippen LogP contribution in [0.4, 0.5) is 0 Å². The van der Waals surface area contributed by atoms with Gasteiger partial charge in [0, 0.05) is 11.1 Å². The van der Waals surface area contributed by atoms with Crippen molar-refractivity contribution in [1.82, 2.24) is 4.98 Å². The van der Waals surface area contributed by atoms with Crippen molar-refractivity contribution in [1.29, 1.82) is 0 Å². The predicted molar refractivity (Wildman–Crippen MR) is 64.3 cm³/mol. The maximum Gasteiger partial charge on any atom is 0.152 e. The molecule has 15 heavy (non-hydrogen) atoms. The average molecular weight is 270 g/mol. The van der Waals surface area contributed by atoms with Crippen LogP contribution in [0.1, 0.15) is 39.3 Å². The zero-order valence-electron chi connectivity index (χ0n) is 9.38. The molecule has 3 heteroatoms. The van der Waals surface area contributed by atoms with Crippen LogP contribution in [0.5, 0.6) is 5.75 Å². The molecule has 2 nitrogen and oxygen atoms in total. The van der Waals surface area contributed by atoms with Gasteiger partial charge in [-0.25, -0.2) is 4.98 Å². The molecule has 1 fully saturated rings. The van der Waals surface area contributed by atoms with E-state index in [0.717, 1.165) is 16.0 Å². The number of hydrogen-bond acceptors (Lipinski definition) is 2. The smallest absolute Gasteiger partial charge is 0.152 e. The van der Waals surface area contributed by atoms with Gasteiger partial charge in [-0.15, -0.1) is 0 Å². The Kier molecular flexibility index (Phi) is 2.75. The van der Waals surface area contributed by atoms with E-state index < -0.39 is 0 Å². The summed E-state index contributed by atoms with van der Waals surface area (Å²) in [6, 6.07) is 4.05. The third kappa shape index (κ3) is 2.71. The van der Waals surface area contributed by atoms with Gasteiger partial charge in [-0.2, -0.15) is 0 Å². The molecule has 0 N–H and O–H groups in total. The molecule has 0 aromatic carbocycles. The Bertz CT molecular complexity index is 366. The van der Waals surface area contributed by atoms with Gasteiger partial charge in [-0.3, -0.25) is 0 Å². The molecular weight excluding hydrogens is 254 g/mol. The maximum atomic E-state index is 5.71. The molecule has 82 valence electrons. The van der Waals surface area contributed by atoms with Gasteiger partial charge in [-0.05, 0) is 40.9 Å². The lowest BCUT2D eigenvalue weighted by molar-refractivity contribution is 0.299. The fourth-order valence-electron chi connectivity index (χ4n) is 1.29. The number of rotatable bonds is 2. The van der Waals surface area contributed by atoms with Crippen molar-refractivity contribution in [2.45, 2.75) is 45.1 Å². The summed E-state index contributed by atoms with van der Waals surface area (Å²) in [7, 11) is 0. The van der Waals surface area contributed by atoms with Crippen LogP contribution in [0.2, 0.25) is 0 Å². The monoisotopic (exact) mass is 269 g/mol. The molecule has 0 radical (unpaired) electrons. The van der Waals surface area contributed by atoms with Crippen molar-refractivity contribution in [2.75, 3.05) is 0 Å². The van der Waals surface area contributed by atoms with Gasteiger partial charge in [0.2, 0.25) is 0 Å². The fourth-order valence-corrected chi connectivity index (χ4v) is 1.71. The standard InChI is InChI=1S/C12H16BrNO/c1-12(2,3)10-7-6-9(11(13)14-10)15-8-4-5-8/h6-8H,4-5H2,1-3H3. The normalized spacial score (nSPS) is 16.5. The summed E-state index contributed by atoms with van der Waals surface area (Å²) in [6.07, 6.45) is 2.77. The van der Waals surface area contributed by atoms with Crippen LogP contribution in [0.3, 0.4) is 0 Å². The average Bonchev–Trinajstić information content (AvgIpc) is 2.90. The van der Waals surface area contributed by atoms with Crippen molar-refractivity contribution in [3.8, 4) is 5.75 Å². The molecule has 1 aliphatic carbocycles. The van der Waals surface area contributed by atoms with E-state index in [2.05, 4.69) is 41.7 Å². The Morgan fingerprint density at radius 2 is 2.00 bits per heavy atom. The first kappa shape index (κ1) is 10.9. The first-order valence-corrected chi connectivity index (χ1v) is 6.10. The summed E-state index contributed by atoms with van der Waals surface area (Å²) in [5.74, 6) is 0.866. The van der Waals surface area contributed by atoms with Gasteiger partial charge < -0.3 is 4.74 Å². The third-order valence-corrected chi connectivity index (χ3v) is 2.97. The molecule has 1 aliphatic rings. The van der Waals surface area contributed by atoms with Crippen LogP contribution < -0.4 is 4.74 Å². The first-order chi connectivity index (χ1) is 6.97. The van der Waals surface area contributed by atoms with E-state index in [-0.39, 0.29) is 5.41 Å². The molecular formula is C12H16BrNO. The lowest BCUT2D eigenvalue weighted by Crippen LogP contribution is -2.13. The molecule has 1 heterocycles. The molecule has 0 spiro atoms. The summed E-state index contributed by atoms with van der Waals surface area (Å²) in [6.45, 7) is 6.47. The van der Waals surface area contributed by atoms with Crippen LogP contribution in [0.25, 0.3) is 0 Å². The summed E-state index contributed by atoms with van der Waals surface area (Å²) < 4.78 is 6.54. The van der Waals surface area contributed by atoms with Crippen LogP contribution in [-0.4, -0.2) is 11.1 Å². The van der Waals surface area contributed by atoms with Crippen LogP contribution in [0.15, 0.2) is 16.7 Å². The molecule has 0 bridgehead atoms. The number of aromatic nitrogens is 1. The highest BCUT2D eigenvalue weighted by Gasteiger charge is 2.25. The molecule has 2 rings (SSSR count). The highest BCUT2D eigenvalue weighted by atomic mass is 79.9. The number of hydrogen-bond donors (Lipinski definition) is 0. The second kappa shape index (κ2) is 3.78. The topological polar surface area (TPSA) is 22.1 Å². The lowest BCUT2D eigenvalue weighted by Gasteiger charge is -2.18. The molecule has 0 atom stereocenters. The summed E-state index contributed by atoms with van der Waals surface area (Å²) >= 11 is 3.46. The van der Waals surface area contributed by atoms with E-state index in [0.29, 0.717) is 6.10 Å². The SMILES string of the molecule is CC(C)(C)c1ccc(OC2CC2)c(Br)n1. The van der Waals surface area contributed by atoms with E-state index in [4.69, 9.17) is 4.74 Å². The Morgan fingerprint density at radius 1 is 1.33 bits per heavy atom. The van der Waals surface area contributed by atoms with Crippen LogP contribution >= 0.6 is 15.9 Å². The Balaban J connectivity index is 2.21. The quantitative estimate of drug-likeness (QED) is 0.765. The number of ether oxygens (including phenoxy) is 1. The largest absolute Gasteiger partial charge is 0.488 e. The molecule has 0 aliphatic heterocycles. The Labute approximate surface area is 99.2 Å². The van der Waals surface area contributed by atoms with Crippen molar-refractivity contribution < 1.29 is 4.74 Å². The number of pyridine rings is 1. The van der Waals surface area contributed by atoms with Gasteiger partial charge in [0.25, 0.3) is 0 Å². The summed E-state index contributed by atoms with van der Waals surface area (Å²) in [5.41, 5.74) is 1.16. The zero-order chi connectivity index (χ0) is 11.1. The molecule has 1 saturated carbocycles. The second-order valence-electron chi connectivity index (χ2n) is 5.05. The molecule has 1 aromatic rings. The molecule has 1 aromatic heterocycles. The first-order valence-electron chi connectivity index (χ1n) is 5.30. The van der Waals surface area contributed by atoms with E-state index in [1.807, 2.05) is 12.1 Å². The van der Waals surface area contributed by atoms with Crippen molar-refractivity contribution >= 4 is 15.9 Å². The van der Waals surface area contributed by atoms with Crippen molar-refractivity contribution in [3.63, 3.8) is 0 Å². The maximum absolute atomic E-state index is 5.71. The number of halogens is 1. The second-order valence-corrected chi connectivity index (χ2v) is 5.80. The van der Waals surface area contributed by atoms with E-state index in [1.54, 1.807) is 0 Å². The fraction of sp³-hybridized carbons (Fsp3) is 0.583. The van der Waals surface area contributed by atoms with E-state index in [9.17, 15) is 0 Å².